The zero-order chi connectivity index (χ0) is 16.8. The Morgan fingerprint density at radius 2 is 1.38 bits per heavy atom. The molecule has 1 aliphatic heterocycles. The largest absolute Gasteiger partial charge is 0.369 e. The normalized spacial score (nSPS) is 16.2. The molecule has 3 rings (SSSR count). The van der Waals surface area contributed by atoms with Gasteiger partial charge in [0.15, 0.2) is 9.84 Å². The van der Waals surface area contributed by atoms with Gasteiger partial charge >= 0.3 is 0 Å². The molecule has 0 atom stereocenters. The Balaban J connectivity index is 1.46. The number of rotatable bonds is 6. The van der Waals surface area contributed by atoms with Crippen molar-refractivity contribution in [1.29, 1.82) is 0 Å². The Kier molecular flexibility index (Phi) is 5.53. The SMILES string of the molecule is O=S(=O)(CCN1CCN(c2ccccc2)CC1)Cc1ccccc1. The van der Waals surface area contributed by atoms with Crippen LogP contribution in [-0.4, -0.2) is 51.8 Å². The standard InChI is InChI=1S/C19H24N2O2S/c22-24(23,17-18-7-3-1-4-8-18)16-15-20-11-13-21(14-12-20)19-9-5-2-6-10-19/h1-10H,11-17H2. The van der Waals surface area contributed by atoms with Crippen LogP contribution in [0.5, 0.6) is 0 Å². The van der Waals surface area contributed by atoms with Gasteiger partial charge in [-0.25, -0.2) is 8.42 Å². The van der Waals surface area contributed by atoms with Crippen LogP contribution in [0.4, 0.5) is 5.69 Å². The van der Waals surface area contributed by atoms with E-state index in [4.69, 9.17) is 0 Å². The minimum Gasteiger partial charge on any atom is -0.369 e. The summed E-state index contributed by atoms with van der Waals surface area (Å²) >= 11 is 0. The smallest absolute Gasteiger partial charge is 0.155 e. The van der Waals surface area contributed by atoms with Crippen molar-refractivity contribution in [1.82, 2.24) is 4.90 Å². The Morgan fingerprint density at radius 1 is 0.792 bits per heavy atom. The highest BCUT2D eigenvalue weighted by Gasteiger charge is 2.19. The molecule has 24 heavy (non-hydrogen) atoms. The number of benzene rings is 2. The number of sulfone groups is 1. The van der Waals surface area contributed by atoms with Crippen LogP contribution >= 0.6 is 0 Å². The highest BCUT2D eigenvalue weighted by molar-refractivity contribution is 7.90. The van der Waals surface area contributed by atoms with E-state index in [1.807, 2.05) is 36.4 Å². The second-order valence-corrected chi connectivity index (χ2v) is 8.43. The summed E-state index contributed by atoms with van der Waals surface area (Å²) in [5, 5.41) is 0. The van der Waals surface area contributed by atoms with Crippen LogP contribution in [0.3, 0.4) is 0 Å². The molecule has 2 aromatic rings. The monoisotopic (exact) mass is 344 g/mol. The molecule has 0 aliphatic carbocycles. The zero-order valence-corrected chi connectivity index (χ0v) is 14.7. The molecule has 5 heteroatoms. The van der Waals surface area contributed by atoms with Crippen LogP contribution in [0.2, 0.25) is 0 Å². The molecule has 0 unspecified atom stereocenters. The van der Waals surface area contributed by atoms with Crippen LogP contribution in [0, 0.1) is 0 Å². The van der Waals surface area contributed by atoms with Gasteiger partial charge in [0, 0.05) is 38.4 Å². The van der Waals surface area contributed by atoms with E-state index in [1.54, 1.807) is 0 Å². The van der Waals surface area contributed by atoms with Gasteiger partial charge < -0.3 is 4.90 Å². The van der Waals surface area contributed by atoms with Crippen LogP contribution in [0.25, 0.3) is 0 Å². The van der Waals surface area contributed by atoms with E-state index in [1.165, 1.54) is 5.69 Å². The maximum absolute atomic E-state index is 12.3. The van der Waals surface area contributed by atoms with Crippen molar-refractivity contribution in [2.45, 2.75) is 5.75 Å². The average Bonchev–Trinajstić information content (AvgIpc) is 2.62. The first kappa shape index (κ1) is 17.0. The lowest BCUT2D eigenvalue weighted by Gasteiger charge is -2.36. The second kappa shape index (κ2) is 7.81. The van der Waals surface area contributed by atoms with Gasteiger partial charge in [0.1, 0.15) is 0 Å². The van der Waals surface area contributed by atoms with Gasteiger partial charge in [0.05, 0.1) is 11.5 Å². The predicted octanol–water partition coefficient (Wildman–Crippen LogP) is 2.42. The Bertz CT molecular complexity index is 724. The summed E-state index contributed by atoms with van der Waals surface area (Å²) in [5.74, 6) is 0.366. The van der Waals surface area contributed by atoms with Crippen LogP contribution < -0.4 is 4.90 Å². The van der Waals surface area contributed by atoms with Gasteiger partial charge in [-0.15, -0.1) is 0 Å². The molecule has 2 aromatic carbocycles. The number of hydrogen-bond donors (Lipinski definition) is 0. The van der Waals surface area contributed by atoms with Gasteiger partial charge in [0.2, 0.25) is 0 Å². The van der Waals surface area contributed by atoms with Crippen molar-refractivity contribution in [2.24, 2.45) is 0 Å². The minimum absolute atomic E-state index is 0.137. The molecule has 1 fully saturated rings. The third kappa shape index (κ3) is 4.82. The molecule has 0 bridgehead atoms. The molecule has 1 aliphatic rings. The first-order valence-electron chi connectivity index (χ1n) is 8.39. The van der Waals surface area contributed by atoms with Gasteiger partial charge in [-0.3, -0.25) is 4.90 Å². The molecule has 1 heterocycles. The summed E-state index contributed by atoms with van der Waals surface area (Å²) in [6.07, 6.45) is 0. The Hall–Kier alpha value is -1.85. The van der Waals surface area contributed by atoms with Gasteiger partial charge in [-0.05, 0) is 17.7 Å². The first-order valence-corrected chi connectivity index (χ1v) is 10.2. The van der Waals surface area contributed by atoms with Crippen LogP contribution in [-0.2, 0) is 15.6 Å². The molecule has 4 nitrogen and oxygen atoms in total. The van der Waals surface area contributed by atoms with E-state index in [-0.39, 0.29) is 11.5 Å². The average molecular weight is 344 g/mol. The first-order chi connectivity index (χ1) is 11.6. The lowest BCUT2D eigenvalue weighted by Crippen LogP contribution is -2.47. The summed E-state index contributed by atoms with van der Waals surface area (Å²) in [4.78, 5) is 4.61. The number of nitrogens with zero attached hydrogens (tertiary/aromatic N) is 2. The van der Waals surface area contributed by atoms with Crippen LogP contribution in [0.15, 0.2) is 60.7 Å². The molecule has 0 N–H and O–H groups in total. The van der Waals surface area contributed by atoms with E-state index in [0.717, 1.165) is 31.7 Å². The highest BCUT2D eigenvalue weighted by Crippen LogP contribution is 2.15. The fourth-order valence-electron chi connectivity index (χ4n) is 3.04. The van der Waals surface area contributed by atoms with Gasteiger partial charge in [-0.2, -0.15) is 0 Å². The lowest BCUT2D eigenvalue weighted by molar-refractivity contribution is 0.272. The summed E-state index contributed by atoms with van der Waals surface area (Å²) in [6.45, 7) is 4.34. The second-order valence-electron chi connectivity index (χ2n) is 6.24. The van der Waals surface area contributed by atoms with E-state index >= 15 is 0 Å². The van der Waals surface area contributed by atoms with Gasteiger partial charge in [0.25, 0.3) is 0 Å². The van der Waals surface area contributed by atoms with E-state index in [2.05, 4.69) is 34.1 Å². The fourth-order valence-corrected chi connectivity index (χ4v) is 4.42. The van der Waals surface area contributed by atoms with Crippen molar-refractivity contribution >= 4 is 15.5 Å². The number of hydrogen-bond acceptors (Lipinski definition) is 4. The molecule has 0 aromatic heterocycles. The number of para-hydroxylation sites is 1. The number of piperazine rings is 1. The van der Waals surface area contributed by atoms with Crippen LogP contribution in [0.1, 0.15) is 5.56 Å². The molecule has 0 spiro atoms. The Morgan fingerprint density at radius 3 is 2.00 bits per heavy atom. The Labute approximate surface area is 144 Å². The van der Waals surface area contributed by atoms with Crippen molar-refractivity contribution in [3.8, 4) is 0 Å². The van der Waals surface area contributed by atoms with Crippen molar-refractivity contribution in [3.05, 3.63) is 66.2 Å². The molecular formula is C19H24N2O2S. The molecule has 128 valence electrons. The molecule has 0 saturated carbocycles. The molecule has 0 radical (unpaired) electrons. The third-order valence-corrected chi connectivity index (χ3v) is 6.02. The van der Waals surface area contributed by atoms with E-state index in [9.17, 15) is 8.42 Å². The van der Waals surface area contributed by atoms with Crippen molar-refractivity contribution in [3.63, 3.8) is 0 Å². The topological polar surface area (TPSA) is 40.6 Å². The summed E-state index contributed by atoms with van der Waals surface area (Å²) in [7, 11) is -3.05. The number of anilines is 1. The summed E-state index contributed by atoms with van der Waals surface area (Å²) in [6, 6.07) is 19.8. The highest BCUT2D eigenvalue weighted by atomic mass is 32.2. The summed E-state index contributed by atoms with van der Waals surface area (Å²) in [5.41, 5.74) is 2.11. The quantitative estimate of drug-likeness (QED) is 0.807. The zero-order valence-electron chi connectivity index (χ0n) is 13.8. The predicted molar refractivity (Wildman–Crippen MR) is 99.0 cm³/mol. The molecule has 1 saturated heterocycles. The third-order valence-electron chi connectivity index (χ3n) is 4.44. The van der Waals surface area contributed by atoms with E-state index in [0.29, 0.717) is 6.54 Å². The lowest BCUT2D eigenvalue weighted by atomic mass is 10.2. The van der Waals surface area contributed by atoms with Gasteiger partial charge in [-0.1, -0.05) is 48.5 Å². The maximum Gasteiger partial charge on any atom is 0.155 e. The molecule has 0 amide bonds. The van der Waals surface area contributed by atoms with Crippen molar-refractivity contribution in [2.75, 3.05) is 43.4 Å². The maximum atomic E-state index is 12.3. The fraction of sp³-hybridized carbons (Fsp3) is 0.368. The minimum atomic E-state index is -3.05. The summed E-state index contributed by atoms with van der Waals surface area (Å²) < 4.78 is 24.6. The molecular weight excluding hydrogens is 320 g/mol. The van der Waals surface area contributed by atoms with Crippen molar-refractivity contribution < 1.29 is 8.42 Å². The van der Waals surface area contributed by atoms with E-state index < -0.39 is 9.84 Å².